The number of aryl methyl sites for hydroxylation is 1. The summed E-state index contributed by atoms with van der Waals surface area (Å²) >= 11 is 9.68. The molecule has 0 amide bonds. The number of hydrogen-bond acceptors (Lipinski definition) is 2. The molecule has 5 heteroatoms. The van der Waals surface area contributed by atoms with Gasteiger partial charge >= 0.3 is 0 Å². The molecule has 21 heavy (non-hydrogen) atoms. The van der Waals surface area contributed by atoms with Gasteiger partial charge in [0.2, 0.25) is 0 Å². The molecule has 0 radical (unpaired) electrons. The first-order valence-electron chi connectivity index (χ1n) is 7.33. The van der Waals surface area contributed by atoms with Crippen LogP contribution in [-0.2, 0) is 13.0 Å². The number of aromatic nitrogens is 2. The average molecular weight is 371 g/mol. The lowest BCUT2D eigenvalue weighted by atomic mass is 10.0. The fourth-order valence-corrected chi connectivity index (χ4v) is 2.71. The minimum atomic E-state index is 0.255. The van der Waals surface area contributed by atoms with E-state index in [4.69, 9.17) is 11.6 Å². The molecule has 0 saturated carbocycles. The SMILES string of the molecule is CCCNC(Cc1cnn(CC)c1)c1ccc(Br)c(Cl)c1. The van der Waals surface area contributed by atoms with E-state index in [1.165, 1.54) is 11.1 Å². The van der Waals surface area contributed by atoms with Gasteiger partial charge in [-0.3, -0.25) is 4.68 Å². The number of benzene rings is 1. The van der Waals surface area contributed by atoms with Gasteiger partial charge in [-0.05, 0) is 65.5 Å². The van der Waals surface area contributed by atoms with Crippen molar-refractivity contribution in [2.45, 2.75) is 39.3 Å². The van der Waals surface area contributed by atoms with Gasteiger partial charge < -0.3 is 5.32 Å². The predicted octanol–water partition coefficient (Wildman–Crippen LogP) is 4.60. The largest absolute Gasteiger partial charge is 0.310 e. The van der Waals surface area contributed by atoms with E-state index in [0.29, 0.717) is 0 Å². The highest BCUT2D eigenvalue weighted by Crippen LogP contribution is 2.27. The van der Waals surface area contributed by atoms with Crippen LogP contribution in [0.15, 0.2) is 35.1 Å². The lowest BCUT2D eigenvalue weighted by molar-refractivity contribution is 0.529. The highest BCUT2D eigenvalue weighted by Gasteiger charge is 2.14. The Labute approximate surface area is 139 Å². The molecule has 1 aromatic carbocycles. The number of nitrogens with zero attached hydrogens (tertiary/aromatic N) is 2. The van der Waals surface area contributed by atoms with Crippen molar-refractivity contribution in [2.24, 2.45) is 0 Å². The van der Waals surface area contributed by atoms with Gasteiger partial charge in [-0.15, -0.1) is 0 Å². The van der Waals surface area contributed by atoms with Gasteiger partial charge in [0.05, 0.1) is 11.2 Å². The summed E-state index contributed by atoms with van der Waals surface area (Å²) < 4.78 is 2.89. The van der Waals surface area contributed by atoms with Crippen LogP contribution < -0.4 is 5.32 Å². The molecular weight excluding hydrogens is 350 g/mol. The highest BCUT2D eigenvalue weighted by molar-refractivity contribution is 9.10. The van der Waals surface area contributed by atoms with Crippen molar-refractivity contribution >= 4 is 27.5 Å². The third-order valence-corrected chi connectivity index (χ3v) is 4.67. The second-order valence-corrected chi connectivity index (χ2v) is 6.35. The normalized spacial score (nSPS) is 12.6. The number of halogens is 2. The van der Waals surface area contributed by atoms with E-state index in [0.717, 1.165) is 35.4 Å². The smallest absolute Gasteiger partial charge is 0.0551 e. The first-order chi connectivity index (χ1) is 10.1. The second kappa shape index (κ2) is 7.97. The van der Waals surface area contributed by atoms with E-state index in [2.05, 4.69) is 52.5 Å². The Morgan fingerprint density at radius 3 is 2.81 bits per heavy atom. The molecule has 0 saturated heterocycles. The van der Waals surface area contributed by atoms with Crippen LogP contribution in [0.1, 0.15) is 37.4 Å². The molecule has 0 aliphatic carbocycles. The summed E-state index contributed by atoms with van der Waals surface area (Å²) in [7, 11) is 0. The van der Waals surface area contributed by atoms with E-state index >= 15 is 0 Å². The summed E-state index contributed by atoms with van der Waals surface area (Å²) in [5.41, 5.74) is 2.45. The molecule has 0 bridgehead atoms. The van der Waals surface area contributed by atoms with E-state index in [9.17, 15) is 0 Å². The van der Waals surface area contributed by atoms with Crippen LogP contribution >= 0.6 is 27.5 Å². The zero-order valence-corrected chi connectivity index (χ0v) is 14.8. The molecule has 0 fully saturated rings. The Bertz CT molecular complexity index is 583. The van der Waals surface area contributed by atoms with Crippen molar-refractivity contribution in [2.75, 3.05) is 6.54 Å². The second-order valence-electron chi connectivity index (χ2n) is 5.09. The predicted molar refractivity (Wildman–Crippen MR) is 91.8 cm³/mol. The summed E-state index contributed by atoms with van der Waals surface area (Å²) in [6, 6.07) is 6.41. The Hall–Kier alpha value is -0.840. The zero-order chi connectivity index (χ0) is 15.2. The van der Waals surface area contributed by atoms with Crippen LogP contribution in [0.5, 0.6) is 0 Å². The van der Waals surface area contributed by atoms with Gasteiger partial charge in [0.25, 0.3) is 0 Å². The summed E-state index contributed by atoms with van der Waals surface area (Å²) in [5, 5.41) is 8.70. The van der Waals surface area contributed by atoms with Gasteiger partial charge in [0, 0.05) is 23.3 Å². The maximum atomic E-state index is 6.23. The summed E-state index contributed by atoms with van der Waals surface area (Å²) in [5.74, 6) is 0. The van der Waals surface area contributed by atoms with E-state index < -0.39 is 0 Å². The summed E-state index contributed by atoms with van der Waals surface area (Å²) in [4.78, 5) is 0. The van der Waals surface area contributed by atoms with Crippen LogP contribution in [0.4, 0.5) is 0 Å². The fraction of sp³-hybridized carbons (Fsp3) is 0.438. The van der Waals surface area contributed by atoms with Crippen LogP contribution in [0.25, 0.3) is 0 Å². The molecule has 1 heterocycles. The lowest BCUT2D eigenvalue weighted by Gasteiger charge is -2.19. The molecule has 2 aromatic rings. The van der Waals surface area contributed by atoms with Crippen molar-refractivity contribution in [3.8, 4) is 0 Å². The Kier molecular flexibility index (Phi) is 6.27. The molecule has 0 aliphatic heterocycles. The Balaban J connectivity index is 2.18. The van der Waals surface area contributed by atoms with Gasteiger partial charge in [0.1, 0.15) is 0 Å². The molecule has 0 spiro atoms. The highest BCUT2D eigenvalue weighted by atomic mass is 79.9. The van der Waals surface area contributed by atoms with Crippen molar-refractivity contribution < 1.29 is 0 Å². The van der Waals surface area contributed by atoms with Crippen molar-refractivity contribution in [3.05, 3.63) is 51.2 Å². The molecule has 3 nitrogen and oxygen atoms in total. The third kappa shape index (κ3) is 4.56. The van der Waals surface area contributed by atoms with Gasteiger partial charge in [0.15, 0.2) is 0 Å². The van der Waals surface area contributed by atoms with Gasteiger partial charge in [-0.25, -0.2) is 0 Å². The van der Waals surface area contributed by atoms with E-state index in [1.54, 1.807) is 0 Å². The van der Waals surface area contributed by atoms with Crippen LogP contribution in [0.2, 0.25) is 5.02 Å². The zero-order valence-electron chi connectivity index (χ0n) is 12.4. The van der Waals surface area contributed by atoms with Crippen molar-refractivity contribution in [1.82, 2.24) is 15.1 Å². The summed E-state index contributed by atoms with van der Waals surface area (Å²) in [6.45, 7) is 6.16. The topological polar surface area (TPSA) is 29.9 Å². The molecule has 0 aliphatic rings. The molecule has 1 N–H and O–H groups in total. The number of nitrogens with one attached hydrogen (secondary N) is 1. The molecular formula is C16H21BrClN3. The van der Waals surface area contributed by atoms with Gasteiger partial charge in [-0.1, -0.05) is 24.6 Å². The molecule has 1 unspecified atom stereocenters. The third-order valence-electron chi connectivity index (χ3n) is 3.44. The molecule has 1 atom stereocenters. The monoisotopic (exact) mass is 369 g/mol. The van der Waals surface area contributed by atoms with E-state index in [-0.39, 0.29) is 6.04 Å². The van der Waals surface area contributed by atoms with E-state index in [1.807, 2.05) is 23.0 Å². The minimum absolute atomic E-state index is 0.255. The molecule has 114 valence electrons. The van der Waals surface area contributed by atoms with Crippen molar-refractivity contribution in [3.63, 3.8) is 0 Å². The standard InChI is InChI=1S/C16H21BrClN3/c1-3-7-19-16(8-12-10-20-21(4-2)11-12)13-5-6-14(17)15(18)9-13/h5-6,9-11,16,19H,3-4,7-8H2,1-2H3. The van der Waals surface area contributed by atoms with Crippen LogP contribution in [-0.4, -0.2) is 16.3 Å². The molecule has 1 aromatic heterocycles. The maximum absolute atomic E-state index is 6.23. The van der Waals surface area contributed by atoms with Gasteiger partial charge in [-0.2, -0.15) is 5.10 Å². The Morgan fingerprint density at radius 1 is 1.38 bits per heavy atom. The van der Waals surface area contributed by atoms with Crippen LogP contribution in [0.3, 0.4) is 0 Å². The van der Waals surface area contributed by atoms with Crippen molar-refractivity contribution in [1.29, 1.82) is 0 Å². The number of hydrogen-bond donors (Lipinski definition) is 1. The molecule has 2 rings (SSSR count). The first kappa shape index (κ1) is 16.5. The Morgan fingerprint density at radius 2 is 2.19 bits per heavy atom. The van der Waals surface area contributed by atoms with Crippen LogP contribution in [0, 0.1) is 0 Å². The minimum Gasteiger partial charge on any atom is -0.310 e. The average Bonchev–Trinajstić information content (AvgIpc) is 2.94. The number of rotatable bonds is 7. The fourth-order valence-electron chi connectivity index (χ4n) is 2.28. The lowest BCUT2D eigenvalue weighted by Crippen LogP contribution is -2.24. The first-order valence-corrected chi connectivity index (χ1v) is 8.50. The maximum Gasteiger partial charge on any atom is 0.0551 e. The summed E-state index contributed by atoms with van der Waals surface area (Å²) in [6.07, 6.45) is 6.08. The quantitative estimate of drug-likeness (QED) is 0.772.